The highest BCUT2D eigenvalue weighted by molar-refractivity contribution is 5.74. The maximum Gasteiger partial charge on any atom is 0.335 e. The van der Waals surface area contributed by atoms with Gasteiger partial charge < -0.3 is 39.0 Å². The second-order valence-electron chi connectivity index (χ2n) is 21.7. The molecule has 0 saturated carbocycles. The Morgan fingerprint density at radius 2 is 0.815 bits per heavy atom. The van der Waals surface area contributed by atoms with Gasteiger partial charge in [-0.25, -0.2) is 4.79 Å². The normalized spacial score (nSPS) is 18.4. The lowest BCUT2D eigenvalue weighted by Crippen LogP contribution is -2.61. The monoisotopic (exact) mass is 1130 g/mol. The Morgan fingerprint density at radius 1 is 0.432 bits per heavy atom. The highest BCUT2D eigenvalue weighted by Gasteiger charge is 2.50. The summed E-state index contributed by atoms with van der Waals surface area (Å²) in [4.78, 5) is 51.2. The summed E-state index contributed by atoms with van der Waals surface area (Å²) in [6.07, 6.45) is 62.5. The molecule has 0 aromatic rings. The van der Waals surface area contributed by atoms with Gasteiger partial charge in [0.1, 0.15) is 18.8 Å². The number of hydrogen-bond acceptors (Lipinski definition) is 11. The molecule has 462 valence electrons. The van der Waals surface area contributed by atoms with Crippen molar-refractivity contribution in [3.63, 3.8) is 0 Å². The molecule has 12 heteroatoms. The van der Waals surface area contributed by atoms with Crippen LogP contribution in [0.3, 0.4) is 0 Å². The van der Waals surface area contributed by atoms with Crippen molar-refractivity contribution in [3.8, 4) is 0 Å². The van der Waals surface area contributed by atoms with Gasteiger partial charge in [-0.1, -0.05) is 240 Å². The Kier molecular flexibility index (Phi) is 51.7. The van der Waals surface area contributed by atoms with Crippen LogP contribution in [0.2, 0.25) is 0 Å². The molecule has 0 aromatic carbocycles. The predicted molar refractivity (Wildman–Crippen MR) is 331 cm³/mol. The Balaban J connectivity index is 2.70. The first-order valence-electron chi connectivity index (χ1n) is 32.2. The van der Waals surface area contributed by atoms with Gasteiger partial charge in [-0.15, -0.1) is 0 Å². The zero-order chi connectivity index (χ0) is 58.9. The number of aliphatic carboxylic acids is 1. The minimum atomic E-state index is -1.92. The number of aliphatic hydroxyl groups is 2. The molecule has 3 N–H and O–H groups in total. The zero-order valence-electron chi connectivity index (χ0n) is 51.0. The number of allylic oxidation sites excluding steroid dienone is 15. The molecule has 0 aliphatic carbocycles. The topological polar surface area (TPSA) is 175 Å². The summed E-state index contributed by atoms with van der Waals surface area (Å²) >= 11 is 0. The van der Waals surface area contributed by atoms with Gasteiger partial charge in [-0.3, -0.25) is 14.4 Å². The van der Waals surface area contributed by atoms with Gasteiger partial charge in [0.05, 0.1) is 13.0 Å². The van der Waals surface area contributed by atoms with E-state index in [9.17, 15) is 34.5 Å². The van der Waals surface area contributed by atoms with Crippen LogP contribution < -0.4 is 0 Å². The van der Waals surface area contributed by atoms with E-state index < -0.39 is 67.3 Å². The summed E-state index contributed by atoms with van der Waals surface area (Å²) in [5.74, 6) is -3.30. The second-order valence-corrected chi connectivity index (χ2v) is 21.7. The first kappa shape index (κ1) is 74.7. The number of rotatable bonds is 54. The number of carbonyl (C=O) groups is 4. The van der Waals surface area contributed by atoms with Crippen molar-refractivity contribution in [2.75, 3.05) is 13.2 Å². The van der Waals surface area contributed by atoms with Crippen molar-refractivity contribution in [2.45, 2.75) is 302 Å². The predicted octanol–water partition coefficient (Wildman–Crippen LogP) is 17.2. The second kappa shape index (κ2) is 56.1. The molecule has 6 atom stereocenters. The first-order chi connectivity index (χ1) is 39.6. The summed E-state index contributed by atoms with van der Waals surface area (Å²) < 4.78 is 28.4. The van der Waals surface area contributed by atoms with Crippen LogP contribution in [0.25, 0.3) is 0 Å². The fourth-order valence-electron chi connectivity index (χ4n) is 9.23. The number of ether oxygens (including phenoxy) is 5. The molecule has 1 fully saturated rings. The highest BCUT2D eigenvalue weighted by Crippen LogP contribution is 2.26. The molecule has 0 radical (unpaired) electrons. The van der Waals surface area contributed by atoms with Gasteiger partial charge in [0, 0.05) is 12.8 Å². The van der Waals surface area contributed by atoms with Crippen molar-refractivity contribution in [1.29, 1.82) is 0 Å². The molecule has 6 unspecified atom stereocenters. The fourth-order valence-corrected chi connectivity index (χ4v) is 9.23. The molecule has 1 aliphatic rings. The van der Waals surface area contributed by atoms with Crippen molar-refractivity contribution in [2.24, 2.45) is 0 Å². The summed E-state index contributed by atoms with van der Waals surface area (Å²) in [6, 6.07) is 0. The third-order valence-electron chi connectivity index (χ3n) is 14.1. The van der Waals surface area contributed by atoms with E-state index in [4.69, 9.17) is 23.7 Å². The number of carbonyl (C=O) groups excluding carboxylic acids is 3. The van der Waals surface area contributed by atoms with Crippen LogP contribution in [0.5, 0.6) is 0 Å². The number of carboxylic acid groups (broad SMARTS) is 1. The number of aliphatic hydroxyl groups excluding tert-OH is 2. The molecule has 0 amide bonds. The van der Waals surface area contributed by atoms with Crippen LogP contribution in [0, 0.1) is 0 Å². The van der Waals surface area contributed by atoms with Crippen molar-refractivity contribution >= 4 is 23.9 Å². The molecule has 1 aliphatic heterocycles. The minimum Gasteiger partial charge on any atom is -0.479 e. The van der Waals surface area contributed by atoms with E-state index in [1.54, 1.807) is 6.08 Å². The lowest BCUT2D eigenvalue weighted by molar-refractivity contribution is -0.301. The van der Waals surface area contributed by atoms with Gasteiger partial charge in [-0.2, -0.15) is 0 Å². The summed E-state index contributed by atoms with van der Waals surface area (Å²) in [5, 5.41) is 31.6. The van der Waals surface area contributed by atoms with E-state index in [1.165, 1.54) is 109 Å². The molecule has 12 nitrogen and oxygen atoms in total. The SMILES string of the molecule is CC/C=C\C/C=C\C/C=C\C/C=C\C/C=C\CC(=O)OC(COC(=O)CCCCCCCCCCC/C=C\C/C=C\CCCCC)COC1OC(C(=O)O)C(O)C(O)C1OC(=O)CCCCCCCCC/C=C\CCCCCCCC. The van der Waals surface area contributed by atoms with Crippen LogP contribution in [0.15, 0.2) is 97.2 Å². The van der Waals surface area contributed by atoms with E-state index in [0.29, 0.717) is 19.3 Å². The molecular weight excluding hydrogens is 1020 g/mol. The summed E-state index contributed by atoms with van der Waals surface area (Å²) in [7, 11) is 0. The summed E-state index contributed by atoms with van der Waals surface area (Å²) in [6.45, 7) is 5.78. The number of carboxylic acids is 1. The Labute approximate surface area is 492 Å². The minimum absolute atomic E-state index is 0.0417. The Bertz CT molecular complexity index is 1780. The number of esters is 3. The summed E-state index contributed by atoms with van der Waals surface area (Å²) in [5.41, 5.74) is 0. The first-order valence-corrected chi connectivity index (χ1v) is 32.2. The van der Waals surface area contributed by atoms with Crippen LogP contribution in [-0.2, 0) is 42.9 Å². The van der Waals surface area contributed by atoms with E-state index in [2.05, 4.69) is 99.8 Å². The maximum absolute atomic E-state index is 13.1. The van der Waals surface area contributed by atoms with Gasteiger partial charge in [-0.05, 0) is 103 Å². The smallest absolute Gasteiger partial charge is 0.335 e. The van der Waals surface area contributed by atoms with E-state index in [0.717, 1.165) is 96.3 Å². The van der Waals surface area contributed by atoms with Gasteiger partial charge in [0.25, 0.3) is 0 Å². The third kappa shape index (κ3) is 45.8. The molecule has 1 heterocycles. The van der Waals surface area contributed by atoms with Crippen LogP contribution in [0.4, 0.5) is 0 Å². The molecule has 0 spiro atoms. The van der Waals surface area contributed by atoms with Crippen molar-refractivity contribution in [3.05, 3.63) is 97.2 Å². The van der Waals surface area contributed by atoms with E-state index >= 15 is 0 Å². The zero-order valence-corrected chi connectivity index (χ0v) is 51.0. The maximum atomic E-state index is 13.1. The van der Waals surface area contributed by atoms with Gasteiger partial charge in [0.15, 0.2) is 24.6 Å². The molecular formula is C69H114O12. The molecule has 0 aromatic heterocycles. The van der Waals surface area contributed by atoms with E-state index in [-0.39, 0.29) is 25.9 Å². The third-order valence-corrected chi connectivity index (χ3v) is 14.1. The molecule has 0 bridgehead atoms. The Hall–Kier alpha value is -4.36. The lowest BCUT2D eigenvalue weighted by Gasteiger charge is -2.40. The molecule has 81 heavy (non-hydrogen) atoms. The average molecular weight is 1140 g/mol. The van der Waals surface area contributed by atoms with Crippen molar-refractivity contribution < 1.29 is 58.2 Å². The number of unbranched alkanes of at least 4 members (excludes halogenated alkanes) is 25. The van der Waals surface area contributed by atoms with Crippen LogP contribution in [0.1, 0.15) is 265 Å². The van der Waals surface area contributed by atoms with Gasteiger partial charge in [0.2, 0.25) is 0 Å². The largest absolute Gasteiger partial charge is 0.479 e. The van der Waals surface area contributed by atoms with E-state index in [1.807, 2.05) is 12.2 Å². The van der Waals surface area contributed by atoms with Crippen molar-refractivity contribution in [1.82, 2.24) is 0 Å². The fraction of sp³-hybridized carbons (Fsp3) is 0.710. The highest BCUT2D eigenvalue weighted by atomic mass is 16.7. The molecule has 1 rings (SSSR count). The molecule has 1 saturated heterocycles. The van der Waals surface area contributed by atoms with Gasteiger partial charge >= 0.3 is 23.9 Å². The standard InChI is InChI=1S/C69H114O12/c1-4-7-10-13-16-19-22-25-28-30-31-33-35-37-40-43-46-49-52-55-61(70)77-58-60(79-62(71)56-53-50-47-44-41-38-34-27-24-21-18-15-12-9-6-3)59-78-69-67(65(74)64(73)66(81-69)68(75)76)80-63(72)57-54-51-48-45-42-39-36-32-29-26-23-20-17-14-11-8-5-2/h9,12,16,18-19,21,25-29,34,41,44,50,53,60,64-67,69,73-74H,4-8,10-11,13-15,17,20,22-24,30-33,35-40,42-43,45-49,51-52,54-59H2,1-3H3,(H,75,76)/b12-9-,19-16-,21-18-,28-25-,29-26-,34-27-,44-41-,53-50-. The number of hydrogen-bond donors (Lipinski definition) is 3. The average Bonchev–Trinajstić information content (AvgIpc) is 3.53. The lowest BCUT2D eigenvalue weighted by atomic mass is 9.98. The quantitative estimate of drug-likeness (QED) is 0.0228. The van der Waals surface area contributed by atoms with Crippen LogP contribution in [-0.4, -0.2) is 89.2 Å². The van der Waals surface area contributed by atoms with Crippen LogP contribution >= 0.6 is 0 Å². The Morgan fingerprint density at radius 3 is 1.28 bits per heavy atom.